The van der Waals surface area contributed by atoms with Crippen molar-refractivity contribution in [3.8, 4) is 0 Å². The SMILES string of the molecule is CC1=C2C[C@]3(C)CCC(=O)C=C3C[C@]2(C)CCC1. The van der Waals surface area contributed by atoms with E-state index >= 15 is 0 Å². The van der Waals surface area contributed by atoms with Gasteiger partial charge in [-0.1, -0.05) is 30.6 Å². The van der Waals surface area contributed by atoms with E-state index in [2.05, 4.69) is 20.8 Å². The maximum absolute atomic E-state index is 11.7. The van der Waals surface area contributed by atoms with Crippen molar-refractivity contribution in [3.05, 3.63) is 22.8 Å². The van der Waals surface area contributed by atoms with Crippen LogP contribution in [0.4, 0.5) is 0 Å². The summed E-state index contributed by atoms with van der Waals surface area (Å²) in [5, 5.41) is 0. The fourth-order valence-corrected chi connectivity index (χ4v) is 4.40. The van der Waals surface area contributed by atoms with Crippen LogP contribution in [-0.2, 0) is 4.79 Å². The van der Waals surface area contributed by atoms with Crippen molar-refractivity contribution in [1.82, 2.24) is 0 Å². The largest absolute Gasteiger partial charge is 0.295 e. The molecule has 0 N–H and O–H groups in total. The molecule has 0 aliphatic heterocycles. The molecule has 0 aromatic heterocycles. The summed E-state index contributed by atoms with van der Waals surface area (Å²) in [5.41, 5.74) is 5.44. The number of hydrogen-bond donors (Lipinski definition) is 0. The van der Waals surface area contributed by atoms with Crippen molar-refractivity contribution >= 4 is 5.78 Å². The number of hydrogen-bond acceptors (Lipinski definition) is 1. The first-order valence-corrected chi connectivity index (χ1v) is 7.36. The zero-order chi connectivity index (χ0) is 13.0. The fourth-order valence-electron chi connectivity index (χ4n) is 4.40. The Hall–Kier alpha value is -0.850. The molecule has 0 amide bonds. The third-order valence-electron chi connectivity index (χ3n) is 5.71. The highest BCUT2D eigenvalue weighted by Crippen LogP contribution is 2.59. The zero-order valence-electron chi connectivity index (χ0n) is 11.9. The lowest BCUT2D eigenvalue weighted by atomic mass is 9.53. The molecule has 1 heteroatoms. The Morgan fingerprint density at radius 1 is 1.06 bits per heavy atom. The van der Waals surface area contributed by atoms with E-state index in [1.165, 1.54) is 31.3 Å². The van der Waals surface area contributed by atoms with Crippen LogP contribution >= 0.6 is 0 Å². The lowest BCUT2D eigenvalue weighted by Crippen LogP contribution is -2.39. The number of allylic oxidation sites excluding steroid dienone is 4. The Kier molecular flexibility index (Phi) is 2.59. The average Bonchev–Trinajstić information content (AvgIpc) is 2.29. The Labute approximate surface area is 110 Å². The standard InChI is InChI=1S/C17H24O/c1-12-5-4-7-17(3)10-13-9-14(18)6-8-16(13,2)11-15(12)17/h9H,4-8,10-11H2,1-3H3/t16-,17-/m0/s1. The van der Waals surface area contributed by atoms with Crippen LogP contribution in [0.25, 0.3) is 0 Å². The van der Waals surface area contributed by atoms with Gasteiger partial charge >= 0.3 is 0 Å². The second-order valence-electron chi connectivity index (χ2n) is 7.22. The summed E-state index contributed by atoms with van der Waals surface area (Å²) in [7, 11) is 0. The van der Waals surface area contributed by atoms with Gasteiger partial charge in [0.25, 0.3) is 0 Å². The molecule has 98 valence electrons. The first-order chi connectivity index (χ1) is 8.43. The second kappa shape index (κ2) is 3.82. The molecule has 1 fully saturated rings. The third kappa shape index (κ3) is 1.71. The van der Waals surface area contributed by atoms with E-state index in [4.69, 9.17) is 0 Å². The summed E-state index contributed by atoms with van der Waals surface area (Å²) < 4.78 is 0. The molecule has 0 saturated heterocycles. The molecule has 2 atom stereocenters. The van der Waals surface area contributed by atoms with E-state index in [1.807, 2.05) is 6.08 Å². The summed E-state index contributed by atoms with van der Waals surface area (Å²) in [4.78, 5) is 11.7. The highest BCUT2D eigenvalue weighted by molar-refractivity contribution is 5.91. The van der Waals surface area contributed by atoms with Crippen LogP contribution in [0.1, 0.15) is 65.7 Å². The van der Waals surface area contributed by atoms with E-state index in [9.17, 15) is 4.79 Å². The van der Waals surface area contributed by atoms with Gasteiger partial charge in [0, 0.05) is 6.42 Å². The molecular weight excluding hydrogens is 220 g/mol. The highest BCUT2D eigenvalue weighted by atomic mass is 16.1. The molecule has 0 heterocycles. The Morgan fingerprint density at radius 2 is 1.83 bits per heavy atom. The van der Waals surface area contributed by atoms with Crippen LogP contribution in [0.2, 0.25) is 0 Å². The van der Waals surface area contributed by atoms with Gasteiger partial charge in [-0.3, -0.25) is 4.79 Å². The van der Waals surface area contributed by atoms with Gasteiger partial charge < -0.3 is 0 Å². The van der Waals surface area contributed by atoms with Crippen LogP contribution in [0.15, 0.2) is 22.8 Å². The van der Waals surface area contributed by atoms with Crippen LogP contribution in [0.5, 0.6) is 0 Å². The van der Waals surface area contributed by atoms with E-state index in [0.717, 1.165) is 19.3 Å². The molecule has 3 aliphatic carbocycles. The van der Waals surface area contributed by atoms with Gasteiger partial charge in [-0.05, 0) is 62.4 Å². The summed E-state index contributed by atoms with van der Waals surface area (Å²) in [6.45, 7) is 7.13. The molecule has 3 aliphatic rings. The Bertz CT molecular complexity index is 468. The van der Waals surface area contributed by atoms with Gasteiger partial charge in [-0.15, -0.1) is 0 Å². The van der Waals surface area contributed by atoms with Gasteiger partial charge in [-0.25, -0.2) is 0 Å². The summed E-state index contributed by atoms with van der Waals surface area (Å²) >= 11 is 0. The topological polar surface area (TPSA) is 17.1 Å². The van der Waals surface area contributed by atoms with Crippen LogP contribution in [0.3, 0.4) is 0 Å². The summed E-state index contributed by atoms with van der Waals surface area (Å²) in [5.74, 6) is 0.353. The van der Waals surface area contributed by atoms with E-state index < -0.39 is 0 Å². The molecule has 0 spiro atoms. The van der Waals surface area contributed by atoms with Crippen molar-refractivity contribution in [1.29, 1.82) is 0 Å². The normalized spacial score (nSPS) is 40.2. The van der Waals surface area contributed by atoms with E-state index in [0.29, 0.717) is 11.2 Å². The fraction of sp³-hybridized carbons (Fsp3) is 0.706. The number of ketones is 1. The molecule has 3 rings (SSSR count). The van der Waals surface area contributed by atoms with Crippen molar-refractivity contribution in [2.75, 3.05) is 0 Å². The van der Waals surface area contributed by atoms with Crippen LogP contribution in [0, 0.1) is 10.8 Å². The van der Waals surface area contributed by atoms with Crippen molar-refractivity contribution < 1.29 is 4.79 Å². The molecule has 1 saturated carbocycles. The number of rotatable bonds is 0. The average molecular weight is 244 g/mol. The monoisotopic (exact) mass is 244 g/mol. The van der Waals surface area contributed by atoms with Gasteiger partial charge in [0.2, 0.25) is 0 Å². The second-order valence-corrected chi connectivity index (χ2v) is 7.22. The molecule has 1 nitrogen and oxygen atoms in total. The third-order valence-corrected chi connectivity index (χ3v) is 5.71. The summed E-state index contributed by atoms with van der Waals surface area (Å²) in [6.07, 6.45) is 10.0. The summed E-state index contributed by atoms with van der Waals surface area (Å²) in [6, 6.07) is 0. The molecule has 0 radical (unpaired) electrons. The molecule has 18 heavy (non-hydrogen) atoms. The lowest BCUT2D eigenvalue weighted by molar-refractivity contribution is -0.115. The van der Waals surface area contributed by atoms with E-state index in [1.54, 1.807) is 11.1 Å². The molecular formula is C17H24O. The van der Waals surface area contributed by atoms with Crippen LogP contribution in [-0.4, -0.2) is 5.78 Å². The molecule has 0 unspecified atom stereocenters. The quantitative estimate of drug-likeness (QED) is 0.570. The number of carbonyl (C=O) groups excluding carboxylic acids is 1. The van der Waals surface area contributed by atoms with Gasteiger partial charge in [-0.2, -0.15) is 0 Å². The lowest BCUT2D eigenvalue weighted by Gasteiger charge is -2.51. The van der Waals surface area contributed by atoms with Crippen molar-refractivity contribution in [2.24, 2.45) is 10.8 Å². The van der Waals surface area contributed by atoms with Gasteiger partial charge in [0.1, 0.15) is 0 Å². The predicted molar refractivity (Wildman–Crippen MR) is 74.3 cm³/mol. The first kappa shape index (κ1) is 12.2. The van der Waals surface area contributed by atoms with Crippen LogP contribution < -0.4 is 0 Å². The Balaban J connectivity index is 2.06. The first-order valence-electron chi connectivity index (χ1n) is 7.36. The maximum atomic E-state index is 11.7. The smallest absolute Gasteiger partial charge is 0.155 e. The predicted octanol–water partition coefficient (Wildman–Crippen LogP) is 4.58. The molecule has 0 bridgehead atoms. The number of fused-ring (bicyclic) bond motifs is 2. The minimum absolute atomic E-state index is 0.279. The van der Waals surface area contributed by atoms with Gasteiger partial charge in [0.15, 0.2) is 5.78 Å². The number of carbonyl (C=O) groups is 1. The minimum Gasteiger partial charge on any atom is -0.295 e. The zero-order valence-corrected chi connectivity index (χ0v) is 11.9. The van der Waals surface area contributed by atoms with Crippen molar-refractivity contribution in [3.63, 3.8) is 0 Å². The molecule has 0 aromatic carbocycles. The Morgan fingerprint density at radius 3 is 2.61 bits per heavy atom. The van der Waals surface area contributed by atoms with Gasteiger partial charge in [0.05, 0.1) is 0 Å². The minimum atomic E-state index is 0.279. The van der Waals surface area contributed by atoms with Crippen molar-refractivity contribution in [2.45, 2.75) is 65.7 Å². The molecule has 0 aromatic rings. The maximum Gasteiger partial charge on any atom is 0.155 e. The highest BCUT2D eigenvalue weighted by Gasteiger charge is 2.46. The van der Waals surface area contributed by atoms with E-state index in [-0.39, 0.29) is 5.41 Å².